The second kappa shape index (κ2) is 6.83. The van der Waals surface area contributed by atoms with Gasteiger partial charge in [0.2, 0.25) is 11.8 Å². The molecule has 4 rings (SSSR count). The van der Waals surface area contributed by atoms with Crippen LogP contribution < -0.4 is 9.64 Å². The van der Waals surface area contributed by atoms with Crippen molar-refractivity contribution in [2.75, 3.05) is 25.1 Å². The summed E-state index contributed by atoms with van der Waals surface area (Å²) < 4.78 is 5.37. The normalized spacial score (nSPS) is 19.4. The number of anilines is 1. The second-order valence-electron chi connectivity index (χ2n) is 6.86. The van der Waals surface area contributed by atoms with E-state index < -0.39 is 0 Å². The van der Waals surface area contributed by atoms with E-state index in [1.165, 1.54) is 11.1 Å². The number of hydrogen-bond acceptors (Lipinski definition) is 3. The molecule has 0 aliphatic carbocycles. The predicted molar refractivity (Wildman–Crippen MR) is 99.0 cm³/mol. The van der Waals surface area contributed by atoms with Crippen LogP contribution in [0, 0.1) is 5.92 Å². The Morgan fingerprint density at radius 1 is 1.08 bits per heavy atom. The number of methoxy groups -OCH3 is 1. The number of rotatable bonds is 3. The fourth-order valence-corrected chi connectivity index (χ4v) is 3.90. The van der Waals surface area contributed by atoms with Crippen LogP contribution in [0.3, 0.4) is 0 Å². The van der Waals surface area contributed by atoms with Crippen molar-refractivity contribution in [3.63, 3.8) is 0 Å². The molecule has 2 amide bonds. The van der Waals surface area contributed by atoms with Crippen molar-refractivity contribution in [1.29, 1.82) is 0 Å². The van der Waals surface area contributed by atoms with Gasteiger partial charge < -0.3 is 14.5 Å². The third-order valence-corrected chi connectivity index (χ3v) is 5.29. The van der Waals surface area contributed by atoms with Crippen LogP contribution in [-0.2, 0) is 22.6 Å². The summed E-state index contributed by atoms with van der Waals surface area (Å²) in [4.78, 5) is 29.1. The molecule has 5 nitrogen and oxygen atoms in total. The lowest BCUT2D eigenvalue weighted by molar-refractivity contribution is -0.136. The van der Waals surface area contributed by atoms with E-state index in [0.717, 1.165) is 18.7 Å². The molecule has 0 bridgehead atoms. The zero-order chi connectivity index (χ0) is 18.1. The lowest BCUT2D eigenvalue weighted by atomic mass is 9.98. The molecule has 2 aromatic rings. The number of hydrogen-bond donors (Lipinski definition) is 0. The van der Waals surface area contributed by atoms with Gasteiger partial charge in [-0.3, -0.25) is 9.59 Å². The Bertz CT molecular complexity index is 849. The minimum atomic E-state index is -0.294. The number of carbonyl (C=O) groups excluding carboxylic acids is 2. The molecule has 1 saturated heterocycles. The fourth-order valence-electron chi connectivity index (χ4n) is 3.90. The average molecular weight is 350 g/mol. The van der Waals surface area contributed by atoms with Crippen molar-refractivity contribution in [3.8, 4) is 5.75 Å². The summed E-state index contributed by atoms with van der Waals surface area (Å²) in [5.74, 6) is 0.411. The van der Waals surface area contributed by atoms with Crippen LogP contribution in [0.25, 0.3) is 0 Å². The minimum absolute atomic E-state index is 0.0229. The first kappa shape index (κ1) is 16.6. The third kappa shape index (κ3) is 2.94. The van der Waals surface area contributed by atoms with Gasteiger partial charge in [-0.2, -0.15) is 0 Å². The van der Waals surface area contributed by atoms with Gasteiger partial charge in [0, 0.05) is 26.1 Å². The van der Waals surface area contributed by atoms with Crippen molar-refractivity contribution in [3.05, 3.63) is 59.7 Å². The molecular formula is C21H22N2O3. The Labute approximate surface area is 153 Å². The van der Waals surface area contributed by atoms with Gasteiger partial charge in [-0.1, -0.05) is 36.4 Å². The van der Waals surface area contributed by atoms with E-state index in [4.69, 9.17) is 4.74 Å². The first-order valence-electron chi connectivity index (χ1n) is 8.96. The van der Waals surface area contributed by atoms with E-state index in [0.29, 0.717) is 18.8 Å². The first-order valence-corrected chi connectivity index (χ1v) is 8.96. The average Bonchev–Trinajstić information content (AvgIpc) is 3.08. The fraction of sp³-hybridized carbons (Fsp3) is 0.333. The molecule has 1 atom stereocenters. The molecule has 26 heavy (non-hydrogen) atoms. The number of fused-ring (bicyclic) bond motifs is 1. The van der Waals surface area contributed by atoms with E-state index in [9.17, 15) is 9.59 Å². The van der Waals surface area contributed by atoms with Crippen molar-refractivity contribution in [1.82, 2.24) is 4.90 Å². The predicted octanol–water partition coefficient (Wildman–Crippen LogP) is 2.63. The zero-order valence-corrected chi connectivity index (χ0v) is 14.9. The maximum absolute atomic E-state index is 13.0. The van der Waals surface area contributed by atoms with Crippen molar-refractivity contribution >= 4 is 17.5 Å². The number of nitrogens with zero attached hydrogens (tertiary/aromatic N) is 2. The highest BCUT2D eigenvalue weighted by Gasteiger charge is 2.38. The molecule has 2 aliphatic heterocycles. The van der Waals surface area contributed by atoms with E-state index in [1.54, 1.807) is 12.0 Å². The Hall–Kier alpha value is -2.82. The van der Waals surface area contributed by atoms with Gasteiger partial charge in [0.1, 0.15) is 5.75 Å². The smallest absolute Gasteiger partial charge is 0.228 e. The van der Waals surface area contributed by atoms with E-state index in [-0.39, 0.29) is 24.2 Å². The zero-order valence-electron chi connectivity index (χ0n) is 14.9. The number of benzene rings is 2. The molecule has 0 radical (unpaired) electrons. The van der Waals surface area contributed by atoms with Crippen molar-refractivity contribution in [2.24, 2.45) is 5.92 Å². The molecule has 0 N–H and O–H groups in total. The highest BCUT2D eigenvalue weighted by Crippen LogP contribution is 2.33. The van der Waals surface area contributed by atoms with Gasteiger partial charge in [-0.25, -0.2) is 0 Å². The summed E-state index contributed by atoms with van der Waals surface area (Å²) in [6, 6.07) is 15.7. The summed E-state index contributed by atoms with van der Waals surface area (Å²) >= 11 is 0. The van der Waals surface area contributed by atoms with Crippen LogP contribution in [-0.4, -0.2) is 36.9 Å². The SMILES string of the molecule is COc1ccccc1N1CC(C(=O)N2CCc3ccccc3C2)CC1=O. The third-order valence-electron chi connectivity index (χ3n) is 5.29. The van der Waals surface area contributed by atoms with Gasteiger partial charge in [-0.15, -0.1) is 0 Å². The van der Waals surface area contributed by atoms with E-state index >= 15 is 0 Å². The molecule has 0 aromatic heterocycles. The second-order valence-corrected chi connectivity index (χ2v) is 6.86. The molecule has 0 spiro atoms. The van der Waals surface area contributed by atoms with Gasteiger partial charge >= 0.3 is 0 Å². The highest BCUT2D eigenvalue weighted by atomic mass is 16.5. The number of amides is 2. The topological polar surface area (TPSA) is 49.9 Å². The molecule has 2 heterocycles. The van der Waals surface area contributed by atoms with E-state index in [1.807, 2.05) is 41.3 Å². The monoisotopic (exact) mass is 350 g/mol. The quantitative estimate of drug-likeness (QED) is 0.855. The Morgan fingerprint density at radius 3 is 2.62 bits per heavy atom. The number of carbonyl (C=O) groups is 2. The molecule has 2 aliphatic rings. The molecule has 1 unspecified atom stereocenters. The Balaban J connectivity index is 1.50. The van der Waals surface area contributed by atoms with Crippen molar-refractivity contribution in [2.45, 2.75) is 19.4 Å². The summed E-state index contributed by atoms with van der Waals surface area (Å²) in [5, 5.41) is 0. The van der Waals surface area contributed by atoms with Crippen LogP contribution in [0.2, 0.25) is 0 Å². The Kier molecular flexibility index (Phi) is 4.37. The van der Waals surface area contributed by atoms with Crippen LogP contribution >= 0.6 is 0 Å². The van der Waals surface area contributed by atoms with Crippen LogP contribution in [0.5, 0.6) is 5.75 Å². The van der Waals surface area contributed by atoms with Gasteiger partial charge in [0.25, 0.3) is 0 Å². The highest BCUT2D eigenvalue weighted by molar-refractivity contribution is 6.01. The van der Waals surface area contributed by atoms with Gasteiger partial charge in [0.15, 0.2) is 0 Å². The van der Waals surface area contributed by atoms with Crippen molar-refractivity contribution < 1.29 is 14.3 Å². The van der Waals surface area contributed by atoms with Gasteiger partial charge in [0.05, 0.1) is 18.7 Å². The molecule has 134 valence electrons. The largest absolute Gasteiger partial charge is 0.495 e. The first-order chi connectivity index (χ1) is 12.7. The molecular weight excluding hydrogens is 328 g/mol. The molecule has 5 heteroatoms. The van der Waals surface area contributed by atoms with Crippen LogP contribution in [0.4, 0.5) is 5.69 Å². The maximum atomic E-state index is 13.0. The minimum Gasteiger partial charge on any atom is -0.495 e. The number of para-hydroxylation sites is 2. The Morgan fingerprint density at radius 2 is 1.81 bits per heavy atom. The number of ether oxygens (including phenoxy) is 1. The van der Waals surface area contributed by atoms with E-state index in [2.05, 4.69) is 12.1 Å². The maximum Gasteiger partial charge on any atom is 0.228 e. The summed E-state index contributed by atoms with van der Waals surface area (Å²) in [6.07, 6.45) is 1.13. The lowest BCUT2D eigenvalue weighted by Crippen LogP contribution is -2.40. The van der Waals surface area contributed by atoms with Gasteiger partial charge in [-0.05, 0) is 29.7 Å². The summed E-state index contributed by atoms with van der Waals surface area (Å²) in [5.41, 5.74) is 3.26. The molecule has 1 fully saturated rings. The van der Waals surface area contributed by atoms with Crippen LogP contribution in [0.15, 0.2) is 48.5 Å². The molecule has 0 saturated carbocycles. The van der Waals surface area contributed by atoms with Crippen LogP contribution in [0.1, 0.15) is 17.5 Å². The lowest BCUT2D eigenvalue weighted by Gasteiger charge is -2.30. The summed E-state index contributed by atoms with van der Waals surface area (Å²) in [6.45, 7) is 1.76. The molecule has 2 aromatic carbocycles. The standard InChI is InChI=1S/C21H22N2O3/c1-26-19-9-5-4-8-18(19)23-14-17(12-20(23)24)21(25)22-11-10-15-6-2-3-7-16(15)13-22/h2-9,17H,10-14H2,1H3. The summed E-state index contributed by atoms with van der Waals surface area (Å²) in [7, 11) is 1.59.